The Kier molecular flexibility index (Phi) is 38.8. The van der Waals surface area contributed by atoms with Crippen molar-refractivity contribution in [1.29, 1.82) is 0 Å². The molecule has 9 atom stereocenters. The van der Waals surface area contributed by atoms with Crippen LogP contribution >= 0.6 is 0 Å². The minimum Gasteiger partial charge on any atom is -0.480 e. The quantitative estimate of drug-likeness (QED) is 0.0211. The maximum absolute atomic E-state index is 13.4. The molecule has 0 aromatic carbocycles. The van der Waals surface area contributed by atoms with Gasteiger partial charge in [-0.05, 0) is 25.7 Å². The molecule has 1 saturated heterocycles. The van der Waals surface area contributed by atoms with E-state index in [0.717, 1.165) is 77.0 Å². The topological polar surface area (TPSA) is 258 Å². The van der Waals surface area contributed by atoms with E-state index in [0.29, 0.717) is 32.1 Å². The van der Waals surface area contributed by atoms with E-state index in [1.54, 1.807) is 0 Å². The summed E-state index contributed by atoms with van der Waals surface area (Å²) in [5.74, 6) is -4.76. The highest BCUT2D eigenvalue weighted by Crippen LogP contribution is 2.27. The maximum Gasteiger partial charge on any atom is 0.326 e. The Morgan fingerprint density at radius 2 is 0.913 bits per heavy atom. The molecule has 0 spiro atoms. The molecule has 0 aliphatic carbocycles. The van der Waals surface area contributed by atoms with Crippen LogP contribution in [0, 0.1) is 0 Å². The molecule has 1 fully saturated rings. The molecule has 8 N–H and O–H groups in total. The van der Waals surface area contributed by atoms with Crippen LogP contribution in [0.5, 0.6) is 0 Å². The first-order valence-electron chi connectivity index (χ1n) is 27.4. The van der Waals surface area contributed by atoms with Crippen molar-refractivity contribution in [2.45, 2.75) is 300 Å². The second-order valence-corrected chi connectivity index (χ2v) is 19.7. The van der Waals surface area contributed by atoms with Crippen molar-refractivity contribution in [3.05, 3.63) is 0 Å². The largest absolute Gasteiger partial charge is 0.480 e. The van der Waals surface area contributed by atoms with Crippen LogP contribution < -0.4 is 10.6 Å². The van der Waals surface area contributed by atoms with Gasteiger partial charge in [0.15, 0.2) is 6.10 Å². The van der Waals surface area contributed by atoms with Crippen LogP contribution in [0.25, 0.3) is 0 Å². The van der Waals surface area contributed by atoms with Crippen molar-refractivity contribution in [1.82, 2.24) is 10.6 Å². The third kappa shape index (κ3) is 32.7. The molecule has 2 amide bonds. The van der Waals surface area contributed by atoms with Crippen molar-refractivity contribution in [2.24, 2.45) is 0 Å². The molecule has 0 bridgehead atoms. The molecule has 16 heteroatoms. The van der Waals surface area contributed by atoms with Crippen molar-refractivity contribution >= 4 is 29.7 Å². The van der Waals surface area contributed by atoms with E-state index < -0.39 is 111 Å². The number of carboxylic acids is 1. The van der Waals surface area contributed by atoms with Crippen LogP contribution in [0.2, 0.25) is 0 Å². The van der Waals surface area contributed by atoms with Crippen LogP contribution in [-0.4, -0.2) is 122 Å². The predicted octanol–water partition coefficient (Wildman–Crippen LogP) is 8.37. The fourth-order valence-corrected chi connectivity index (χ4v) is 8.87. The summed E-state index contributed by atoms with van der Waals surface area (Å²) < 4.78 is 17.0. The van der Waals surface area contributed by atoms with Crippen molar-refractivity contribution in [3.8, 4) is 0 Å². The average molecular weight is 987 g/mol. The van der Waals surface area contributed by atoms with Crippen molar-refractivity contribution in [2.75, 3.05) is 6.61 Å². The first-order chi connectivity index (χ1) is 33.3. The third-order valence-electron chi connectivity index (χ3n) is 13.1. The number of carboxylic acid groups (broad SMARTS) is 1. The summed E-state index contributed by atoms with van der Waals surface area (Å²) in [6.07, 6.45) is 18.8. The van der Waals surface area contributed by atoms with E-state index in [9.17, 15) is 54.6 Å². The maximum atomic E-state index is 13.4. The van der Waals surface area contributed by atoms with E-state index in [2.05, 4.69) is 31.4 Å². The lowest BCUT2D eigenvalue weighted by molar-refractivity contribution is -0.267. The van der Waals surface area contributed by atoms with Gasteiger partial charge in [0, 0.05) is 6.42 Å². The molecule has 8 unspecified atom stereocenters. The number of hydrogen-bond acceptors (Lipinski definition) is 13. The SMILES string of the molecule is CCCCCCCCCCCC(O)CC(=O)NC1C(OC(=O)CC[C@H](NC(=O)CC(O)CCCCCCCCCCC)C(=O)O)OC(CO)C(O)C1OC(=O)CC(O)CCCCCCCCCCC. The van der Waals surface area contributed by atoms with Gasteiger partial charge in [-0.3, -0.25) is 19.2 Å². The van der Waals surface area contributed by atoms with Gasteiger partial charge < -0.3 is 55.5 Å². The zero-order valence-corrected chi connectivity index (χ0v) is 43.1. The number of aliphatic hydroxyl groups excluding tert-OH is 5. The second-order valence-electron chi connectivity index (χ2n) is 19.7. The number of carbonyl (C=O) groups is 5. The Hall–Kier alpha value is -2.89. The van der Waals surface area contributed by atoms with Crippen LogP contribution in [0.1, 0.15) is 245 Å². The Labute approximate surface area is 415 Å². The fraction of sp³-hybridized carbons (Fsp3) is 0.906. The molecular formula is C53H98N2O14. The van der Waals surface area contributed by atoms with E-state index in [-0.39, 0.29) is 12.8 Å². The summed E-state index contributed by atoms with van der Waals surface area (Å²) in [4.78, 5) is 64.9. The first-order valence-corrected chi connectivity index (χ1v) is 27.4. The van der Waals surface area contributed by atoms with Crippen LogP contribution in [0.4, 0.5) is 0 Å². The van der Waals surface area contributed by atoms with Gasteiger partial charge in [0.25, 0.3) is 0 Å². The first kappa shape index (κ1) is 64.1. The molecule has 1 heterocycles. The van der Waals surface area contributed by atoms with E-state index in [1.807, 2.05) is 0 Å². The number of hydrogen-bond donors (Lipinski definition) is 8. The van der Waals surface area contributed by atoms with Gasteiger partial charge >= 0.3 is 17.9 Å². The van der Waals surface area contributed by atoms with Crippen molar-refractivity contribution in [3.63, 3.8) is 0 Å². The summed E-state index contributed by atoms with van der Waals surface area (Å²) >= 11 is 0. The number of esters is 2. The molecule has 1 rings (SSSR count). The fourth-order valence-electron chi connectivity index (χ4n) is 8.87. The highest BCUT2D eigenvalue weighted by atomic mass is 16.7. The van der Waals surface area contributed by atoms with Crippen LogP contribution in [0.3, 0.4) is 0 Å². The van der Waals surface area contributed by atoms with Crippen LogP contribution in [-0.2, 0) is 38.2 Å². The number of aliphatic hydroxyl groups is 5. The van der Waals surface area contributed by atoms with E-state index in [1.165, 1.54) is 83.5 Å². The number of carbonyl (C=O) groups excluding carboxylic acids is 4. The summed E-state index contributed by atoms with van der Waals surface area (Å²) in [6, 6.07) is -3.05. The van der Waals surface area contributed by atoms with Gasteiger partial charge in [-0.2, -0.15) is 0 Å². The number of unbranched alkanes of at least 4 members (excludes halogenated alkanes) is 24. The lowest BCUT2D eigenvalue weighted by atomic mass is 9.96. The smallest absolute Gasteiger partial charge is 0.326 e. The zero-order chi connectivity index (χ0) is 51.1. The molecule has 1 aliphatic heterocycles. The molecule has 0 aromatic heterocycles. The standard InChI is InChI=1S/C53H98N2O14/c1-4-7-10-13-16-19-22-25-28-31-40(57)36-45(60)54-43(52(65)66)34-35-47(62)69-53-49(55-46(61)37-41(58)32-29-26-23-20-17-14-11-8-5-2)51(50(64)44(39-56)67-53)68-48(63)38-42(59)33-30-27-24-21-18-15-12-9-6-3/h40-44,49-51,53,56-59,64H,4-39H2,1-3H3,(H,54,60)(H,55,61)(H,65,66)/t40?,41?,42?,43-,44?,49?,50?,51?,53?/m0/s1. The lowest BCUT2D eigenvalue weighted by Gasteiger charge is -2.43. The van der Waals surface area contributed by atoms with Gasteiger partial charge in [-0.1, -0.05) is 194 Å². The average Bonchev–Trinajstić information content (AvgIpc) is 3.30. The Balaban J connectivity index is 2.94. The highest BCUT2D eigenvalue weighted by Gasteiger charge is 2.50. The number of rotatable bonds is 45. The van der Waals surface area contributed by atoms with Gasteiger partial charge in [-0.15, -0.1) is 0 Å². The van der Waals surface area contributed by atoms with E-state index >= 15 is 0 Å². The molecular weight excluding hydrogens is 889 g/mol. The summed E-state index contributed by atoms with van der Waals surface area (Å²) in [6.45, 7) is 5.73. The number of aliphatic carboxylic acids is 1. The minimum atomic E-state index is -1.75. The molecule has 0 aromatic rings. The Morgan fingerprint density at radius 1 is 0.522 bits per heavy atom. The molecule has 69 heavy (non-hydrogen) atoms. The number of nitrogens with one attached hydrogen (secondary N) is 2. The molecule has 0 saturated carbocycles. The predicted molar refractivity (Wildman–Crippen MR) is 266 cm³/mol. The van der Waals surface area contributed by atoms with Gasteiger partial charge in [0.1, 0.15) is 24.3 Å². The number of ether oxygens (including phenoxy) is 3. The molecule has 16 nitrogen and oxygen atoms in total. The summed E-state index contributed by atoms with van der Waals surface area (Å²) in [7, 11) is 0. The van der Waals surface area contributed by atoms with E-state index in [4.69, 9.17) is 14.2 Å². The van der Waals surface area contributed by atoms with Crippen LogP contribution in [0.15, 0.2) is 0 Å². The van der Waals surface area contributed by atoms with Gasteiger partial charge in [0.2, 0.25) is 18.1 Å². The third-order valence-corrected chi connectivity index (χ3v) is 13.1. The normalized spacial score (nSPS) is 19.9. The summed E-state index contributed by atoms with van der Waals surface area (Å²) in [5, 5.41) is 68.2. The lowest BCUT2D eigenvalue weighted by Crippen LogP contribution is -2.66. The zero-order valence-electron chi connectivity index (χ0n) is 43.1. The van der Waals surface area contributed by atoms with Crippen molar-refractivity contribution < 1.29 is 68.8 Å². The number of amides is 2. The summed E-state index contributed by atoms with van der Waals surface area (Å²) in [5.41, 5.74) is 0. The minimum absolute atomic E-state index is 0.308. The highest BCUT2D eigenvalue weighted by molar-refractivity contribution is 5.84. The monoisotopic (exact) mass is 987 g/mol. The second kappa shape index (κ2) is 41.7. The van der Waals surface area contributed by atoms with Gasteiger partial charge in [-0.25, -0.2) is 4.79 Å². The Bertz CT molecular complexity index is 1340. The molecule has 1 aliphatic rings. The Morgan fingerprint density at radius 3 is 1.32 bits per heavy atom. The molecule has 0 radical (unpaired) electrons. The molecule has 404 valence electrons. The van der Waals surface area contributed by atoms with Gasteiger partial charge in [0.05, 0.1) is 44.2 Å².